The zero-order chi connectivity index (χ0) is 11.4. The fraction of sp³-hybridized carbons (Fsp3) is 0.444. The summed E-state index contributed by atoms with van der Waals surface area (Å²) in [6, 6.07) is 0. The number of aryl methyl sites for hydroxylation is 1. The average Bonchev–Trinajstić information content (AvgIpc) is 2.56. The first-order valence-corrected chi connectivity index (χ1v) is 5.10. The summed E-state index contributed by atoms with van der Waals surface area (Å²) in [4.78, 5) is 26.2. The average molecular weight is 229 g/mol. The lowest BCUT2D eigenvalue weighted by Gasteiger charge is -1.94. The number of carbonyl (C=O) groups excluding carboxylic acids is 1. The van der Waals surface area contributed by atoms with E-state index in [-0.39, 0.29) is 22.1 Å². The molecule has 0 unspecified atom stereocenters. The summed E-state index contributed by atoms with van der Waals surface area (Å²) in [5, 5.41) is 9.01. The van der Waals surface area contributed by atoms with Crippen LogP contribution in [0.25, 0.3) is 0 Å². The van der Waals surface area contributed by atoms with E-state index in [9.17, 15) is 9.59 Å². The van der Waals surface area contributed by atoms with Crippen LogP contribution in [-0.2, 0) is 4.74 Å². The highest BCUT2D eigenvalue weighted by atomic mass is 32.1. The second-order valence-corrected chi connectivity index (χ2v) is 3.90. The Labute approximate surface area is 90.7 Å². The Kier molecular flexibility index (Phi) is 3.93. The van der Waals surface area contributed by atoms with Crippen LogP contribution < -0.4 is 0 Å². The molecule has 0 saturated heterocycles. The molecule has 0 spiro atoms. The van der Waals surface area contributed by atoms with Crippen molar-refractivity contribution in [1.29, 1.82) is 0 Å². The zero-order valence-corrected chi connectivity index (χ0v) is 9.26. The van der Waals surface area contributed by atoms with Crippen LogP contribution in [0.3, 0.4) is 0 Å². The number of hydrogen-bond donors (Lipinski definition) is 1. The van der Waals surface area contributed by atoms with Gasteiger partial charge < -0.3 is 9.84 Å². The molecule has 0 aliphatic carbocycles. The number of thiazole rings is 1. The fourth-order valence-electron chi connectivity index (χ4n) is 1.02. The maximum atomic E-state index is 11.5. The second-order valence-electron chi connectivity index (χ2n) is 2.90. The van der Waals surface area contributed by atoms with E-state index in [0.717, 1.165) is 11.3 Å². The molecule has 0 bridgehead atoms. The normalized spacial score (nSPS) is 10.3. The quantitative estimate of drug-likeness (QED) is 0.771. The summed E-state index contributed by atoms with van der Waals surface area (Å²) in [6.45, 7) is 1.90. The molecule has 0 amide bonds. The summed E-state index contributed by atoms with van der Waals surface area (Å²) in [5.74, 6) is -1.23. The number of aromatic carboxylic acids is 1. The molecule has 6 heteroatoms. The minimum absolute atomic E-state index is 0.121. The van der Waals surface area contributed by atoms with Crippen LogP contribution in [0, 0.1) is 6.92 Å². The number of aromatic nitrogens is 1. The van der Waals surface area contributed by atoms with Gasteiger partial charge in [-0.05, 0) is 6.92 Å². The summed E-state index contributed by atoms with van der Waals surface area (Å²) in [5.41, 5.74) is 0.383. The predicted octanol–water partition coefficient (Wildman–Crippen LogP) is 1.37. The van der Waals surface area contributed by atoms with Crippen LogP contribution in [0.1, 0.15) is 31.6 Å². The summed E-state index contributed by atoms with van der Waals surface area (Å²) < 4.78 is 4.76. The van der Waals surface area contributed by atoms with E-state index < -0.39 is 5.97 Å². The first-order valence-electron chi connectivity index (χ1n) is 4.29. The van der Waals surface area contributed by atoms with Crippen LogP contribution in [0.15, 0.2) is 0 Å². The number of Topliss-reactive ketones (excluding diaryl/α,β-unsaturated/α-hetero) is 1. The molecule has 5 nitrogen and oxygen atoms in total. The van der Waals surface area contributed by atoms with Gasteiger partial charge in [0.15, 0.2) is 10.8 Å². The van der Waals surface area contributed by atoms with Gasteiger partial charge in [0.05, 0.1) is 12.3 Å². The number of carboxylic acids is 1. The molecule has 1 aromatic rings. The number of nitrogens with zero attached hydrogens (tertiary/aromatic N) is 1. The largest absolute Gasteiger partial charge is 0.477 e. The summed E-state index contributed by atoms with van der Waals surface area (Å²) in [6.07, 6.45) is 0.225. The van der Waals surface area contributed by atoms with Crippen molar-refractivity contribution in [2.75, 3.05) is 13.7 Å². The zero-order valence-electron chi connectivity index (χ0n) is 8.44. The van der Waals surface area contributed by atoms with Crippen molar-refractivity contribution in [3.63, 3.8) is 0 Å². The lowest BCUT2D eigenvalue weighted by atomic mass is 10.3. The molecule has 1 N–H and O–H groups in total. The molecule has 0 aromatic carbocycles. The van der Waals surface area contributed by atoms with Crippen molar-refractivity contribution in [1.82, 2.24) is 4.98 Å². The minimum atomic E-state index is -1.05. The highest BCUT2D eigenvalue weighted by Gasteiger charge is 2.17. The Morgan fingerprint density at radius 3 is 2.67 bits per heavy atom. The third-order valence-corrected chi connectivity index (χ3v) is 2.95. The number of hydrogen-bond acceptors (Lipinski definition) is 5. The number of ketones is 1. The fourth-order valence-corrected chi connectivity index (χ4v) is 1.89. The SMILES string of the molecule is COCCC(=O)c1nc(C)c(C(=O)O)s1. The van der Waals surface area contributed by atoms with Gasteiger partial charge in [0.25, 0.3) is 0 Å². The molecule has 0 saturated carbocycles. The van der Waals surface area contributed by atoms with Crippen LogP contribution in [-0.4, -0.2) is 35.6 Å². The van der Waals surface area contributed by atoms with Crippen LogP contribution >= 0.6 is 11.3 Å². The van der Waals surface area contributed by atoms with Crippen molar-refractivity contribution < 1.29 is 19.4 Å². The maximum absolute atomic E-state index is 11.5. The molecule has 15 heavy (non-hydrogen) atoms. The smallest absolute Gasteiger partial charge is 0.347 e. The van der Waals surface area contributed by atoms with E-state index >= 15 is 0 Å². The molecular formula is C9H11NO4S. The molecule has 1 aromatic heterocycles. The Morgan fingerprint density at radius 1 is 1.53 bits per heavy atom. The molecule has 1 heterocycles. The molecule has 0 fully saturated rings. The highest BCUT2D eigenvalue weighted by Crippen LogP contribution is 2.19. The van der Waals surface area contributed by atoms with Crippen LogP contribution in [0.2, 0.25) is 0 Å². The standard InChI is InChI=1S/C9H11NO4S/c1-5-7(9(12)13)15-8(10-5)6(11)3-4-14-2/h3-4H2,1-2H3,(H,12,13). The first kappa shape index (κ1) is 11.8. The number of rotatable bonds is 5. The van der Waals surface area contributed by atoms with Crippen molar-refractivity contribution >= 4 is 23.1 Å². The third kappa shape index (κ3) is 2.84. The molecule has 0 aliphatic rings. The molecule has 0 atom stereocenters. The Morgan fingerprint density at radius 2 is 2.20 bits per heavy atom. The summed E-state index contributed by atoms with van der Waals surface area (Å²) in [7, 11) is 1.50. The van der Waals surface area contributed by atoms with E-state index in [1.807, 2.05) is 0 Å². The topological polar surface area (TPSA) is 76.5 Å². The number of methoxy groups -OCH3 is 1. The van der Waals surface area contributed by atoms with Gasteiger partial charge in [-0.15, -0.1) is 11.3 Å². The van der Waals surface area contributed by atoms with Gasteiger partial charge in [-0.2, -0.15) is 0 Å². The van der Waals surface area contributed by atoms with Gasteiger partial charge in [0, 0.05) is 13.5 Å². The molecule has 0 aliphatic heterocycles. The van der Waals surface area contributed by atoms with E-state index in [1.54, 1.807) is 6.92 Å². The predicted molar refractivity (Wildman–Crippen MR) is 54.6 cm³/mol. The van der Waals surface area contributed by atoms with Crippen molar-refractivity contribution in [2.45, 2.75) is 13.3 Å². The maximum Gasteiger partial charge on any atom is 0.347 e. The van der Waals surface area contributed by atoms with E-state index in [0.29, 0.717) is 12.3 Å². The van der Waals surface area contributed by atoms with Crippen molar-refractivity contribution in [3.8, 4) is 0 Å². The number of carboxylic acid groups (broad SMARTS) is 1. The van der Waals surface area contributed by atoms with Gasteiger partial charge >= 0.3 is 5.97 Å². The minimum Gasteiger partial charge on any atom is -0.477 e. The Bertz CT molecular complexity index is 385. The highest BCUT2D eigenvalue weighted by molar-refractivity contribution is 7.15. The molecule has 1 rings (SSSR count). The van der Waals surface area contributed by atoms with Crippen molar-refractivity contribution in [2.24, 2.45) is 0 Å². The van der Waals surface area contributed by atoms with Crippen LogP contribution in [0.4, 0.5) is 0 Å². The molecular weight excluding hydrogens is 218 g/mol. The number of ether oxygens (including phenoxy) is 1. The van der Waals surface area contributed by atoms with E-state index in [4.69, 9.17) is 9.84 Å². The molecule has 0 radical (unpaired) electrons. The van der Waals surface area contributed by atoms with Gasteiger partial charge in [0.2, 0.25) is 0 Å². The van der Waals surface area contributed by atoms with Gasteiger partial charge in [-0.3, -0.25) is 4.79 Å². The van der Waals surface area contributed by atoms with Gasteiger partial charge in [-0.25, -0.2) is 9.78 Å². The summed E-state index contributed by atoms with van der Waals surface area (Å²) >= 11 is 0.910. The monoisotopic (exact) mass is 229 g/mol. The van der Waals surface area contributed by atoms with E-state index in [1.165, 1.54) is 7.11 Å². The van der Waals surface area contributed by atoms with Gasteiger partial charge in [0.1, 0.15) is 4.88 Å². The van der Waals surface area contributed by atoms with Gasteiger partial charge in [-0.1, -0.05) is 0 Å². The lowest BCUT2D eigenvalue weighted by Crippen LogP contribution is -2.02. The Hall–Kier alpha value is -1.27. The Balaban J connectivity index is 2.83. The van der Waals surface area contributed by atoms with Crippen molar-refractivity contribution in [3.05, 3.63) is 15.6 Å². The van der Waals surface area contributed by atoms with Crippen LogP contribution in [0.5, 0.6) is 0 Å². The first-order chi connectivity index (χ1) is 7.06. The lowest BCUT2D eigenvalue weighted by molar-refractivity contribution is 0.0701. The number of carbonyl (C=O) groups is 2. The van der Waals surface area contributed by atoms with E-state index in [2.05, 4.69) is 4.98 Å². The third-order valence-electron chi connectivity index (χ3n) is 1.76. The second kappa shape index (κ2) is 4.99. The molecule has 82 valence electrons.